The summed E-state index contributed by atoms with van der Waals surface area (Å²) in [6, 6.07) is 16.2. The monoisotopic (exact) mass is 322 g/mol. The average Bonchev–Trinajstić information content (AvgIpc) is 2.60. The van der Waals surface area contributed by atoms with Gasteiger partial charge >= 0.3 is 0 Å². The molecule has 3 rings (SSSR count). The van der Waals surface area contributed by atoms with Gasteiger partial charge in [0, 0.05) is 5.56 Å². The number of benzene rings is 2. The zero-order chi connectivity index (χ0) is 17.3. The van der Waals surface area contributed by atoms with Gasteiger partial charge in [0.15, 0.2) is 11.6 Å². The Morgan fingerprint density at radius 1 is 0.958 bits per heavy atom. The van der Waals surface area contributed by atoms with E-state index >= 15 is 0 Å². The quantitative estimate of drug-likeness (QED) is 0.641. The molecule has 122 valence electrons. The minimum Gasteiger partial charge on any atom is -0.471 e. The summed E-state index contributed by atoms with van der Waals surface area (Å²) in [5, 5.41) is 0. The van der Waals surface area contributed by atoms with Gasteiger partial charge in [-0.3, -0.25) is 9.59 Å². The molecule has 0 bridgehead atoms. The fraction of sp³-hybridized carbons (Fsp3) is 0.250. The van der Waals surface area contributed by atoms with Crippen molar-refractivity contribution in [1.29, 1.82) is 0 Å². The summed E-state index contributed by atoms with van der Waals surface area (Å²) in [4.78, 5) is 37.1. The molecule has 0 fully saturated rings. The van der Waals surface area contributed by atoms with E-state index in [2.05, 4.69) is 0 Å². The predicted octanol–water partition coefficient (Wildman–Crippen LogP) is 3.06. The molecule has 0 saturated carbocycles. The molecular weight excluding hydrogens is 304 g/mol. The molecule has 0 amide bonds. The highest BCUT2D eigenvalue weighted by Gasteiger charge is 2.57. The number of hydrogen-bond acceptors (Lipinski definition) is 4. The van der Waals surface area contributed by atoms with E-state index in [4.69, 9.17) is 4.74 Å². The molecule has 0 saturated heterocycles. The van der Waals surface area contributed by atoms with Gasteiger partial charge in [-0.1, -0.05) is 48.5 Å². The molecule has 0 spiro atoms. The Morgan fingerprint density at radius 3 is 2.12 bits per heavy atom. The molecule has 4 nitrogen and oxygen atoms in total. The van der Waals surface area contributed by atoms with E-state index in [9.17, 15) is 14.4 Å². The number of rotatable bonds is 4. The summed E-state index contributed by atoms with van der Waals surface area (Å²) in [6.07, 6.45) is 0.805. The van der Waals surface area contributed by atoms with Crippen LogP contribution in [0, 0.1) is 0 Å². The number of Topliss-reactive ketones (excluding diaryl/α,β-unsaturated/α-hetero) is 2. The van der Waals surface area contributed by atoms with Crippen LogP contribution in [-0.4, -0.2) is 23.5 Å². The van der Waals surface area contributed by atoms with E-state index in [1.807, 2.05) is 36.4 Å². The topological polar surface area (TPSA) is 60.4 Å². The zero-order valence-corrected chi connectivity index (χ0v) is 13.6. The van der Waals surface area contributed by atoms with Crippen LogP contribution in [0.15, 0.2) is 54.6 Å². The van der Waals surface area contributed by atoms with Gasteiger partial charge < -0.3 is 9.53 Å². The van der Waals surface area contributed by atoms with E-state index in [0.29, 0.717) is 11.3 Å². The number of aldehydes is 1. The second-order valence-electron chi connectivity index (χ2n) is 6.04. The van der Waals surface area contributed by atoms with Crippen LogP contribution in [-0.2, 0) is 14.4 Å². The van der Waals surface area contributed by atoms with Crippen molar-refractivity contribution in [2.24, 2.45) is 0 Å². The first-order chi connectivity index (χ1) is 11.5. The first kappa shape index (κ1) is 16.1. The lowest BCUT2D eigenvalue weighted by molar-refractivity contribution is -0.149. The Balaban J connectivity index is 2.32. The second-order valence-corrected chi connectivity index (χ2v) is 6.04. The van der Waals surface area contributed by atoms with E-state index < -0.39 is 29.0 Å². The molecule has 1 heterocycles. The van der Waals surface area contributed by atoms with Crippen molar-refractivity contribution in [3.05, 3.63) is 65.7 Å². The summed E-state index contributed by atoms with van der Waals surface area (Å²) >= 11 is 0. The fourth-order valence-electron chi connectivity index (χ4n) is 3.60. The van der Waals surface area contributed by atoms with Gasteiger partial charge in [0.1, 0.15) is 12.0 Å². The van der Waals surface area contributed by atoms with Crippen LogP contribution in [0.4, 0.5) is 0 Å². The number of hydrogen-bond donors (Lipinski definition) is 0. The fourth-order valence-corrected chi connectivity index (χ4v) is 3.60. The van der Waals surface area contributed by atoms with Crippen molar-refractivity contribution in [3.63, 3.8) is 0 Å². The summed E-state index contributed by atoms with van der Waals surface area (Å²) in [5.74, 6) is -1.71. The molecule has 4 heteroatoms. The van der Waals surface area contributed by atoms with Gasteiger partial charge in [-0.2, -0.15) is 0 Å². The molecule has 2 aromatic carbocycles. The minimum atomic E-state index is -1.69. The Hall–Kier alpha value is -2.75. The van der Waals surface area contributed by atoms with Crippen LogP contribution in [0.5, 0.6) is 5.75 Å². The molecule has 0 aliphatic carbocycles. The number of carbonyl (C=O) groups is 3. The number of ketones is 2. The maximum absolute atomic E-state index is 12.6. The predicted molar refractivity (Wildman–Crippen MR) is 89.2 cm³/mol. The van der Waals surface area contributed by atoms with Crippen LogP contribution < -0.4 is 4.74 Å². The first-order valence-corrected chi connectivity index (χ1v) is 7.82. The van der Waals surface area contributed by atoms with Crippen molar-refractivity contribution >= 4 is 17.9 Å². The molecule has 24 heavy (non-hydrogen) atoms. The molecular formula is C20H18O4. The van der Waals surface area contributed by atoms with Crippen LogP contribution in [0.2, 0.25) is 0 Å². The highest BCUT2D eigenvalue weighted by Crippen LogP contribution is 2.50. The standard InChI is InChI=1S/C20H18O4/c1-13(22)20(14(2)23)19(15-8-4-3-5-9-15)17(12-21)16-10-6-7-11-18(16)24-20/h3-12,17,19H,1-2H3. The zero-order valence-electron chi connectivity index (χ0n) is 13.6. The maximum atomic E-state index is 12.6. The van der Waals surface area contributed by atoms with Crippen LogP contribution >= 0.6 is 0 Å². The Bertz CT molecular complexity index is 780. The number of fused-ring (bicyclic) bond motifs is 1. The van der Waals surface area contributed by atoms with Crippen molar-refractivity contribution in [2.75, 3.05) is 0 Å². The molecule has 1 aliphatic rings. The van der Waals surface area contributed by atoms with Crippen molar-refractivity contribution < 1.29 is 19.1 Å². The van der Waals surface area contributed by atoms with E-state index in [0.717, 1.165) is 11.8 Å². The van der Waals surface area contributed by atoms with E-state index in [-0.39, 0.29) is 0 Å². The van der Waals surface area contributed by atoms with Crippen LogP contribution in [0.3, 0.4) is 0 Å². The lowest BCUT2D eigenvalue weighted by atomic mass is 9.66. The van der Waals surface area contributed by atoms with E-state index in [1.165, 1.54) is 13.8 Å². The van der Waals surface area contributed by atoms with Gasteiger partial charge in [-0.15, -0.1) is 0 Å². The van der Waals surface area contributed by atoms with Gasteiger partial charge in [0.25, 0.3) is 0 Å². The van der Waals surface area contributed by atoms with Crippen molar-refractivity contribution in [2.45, 2.75) is 31.3 Å². The third-order valence-electron chi connectivity index (χ3n) is 4.70. The normalized spacial score (nSPS) is 21.2. The average molecular weight is 322 g/mol. The number of carbonyl (C=O) groups excluding carboxylic acids is 3. The molecule has 2 atom stereocenters. The van der Waals surface area contributed by atoms with Gasteiger partial charge in [0.2, 0.25) is 5.60 Å². The second kappa shape index (κ2) is 6.04. The highest BCUT2D eigenvalue weighted by atomic mass is 16.5. The number of ether oxygens (including phenoxy) is 1. The first-order valence-electron chi connectivity index (χ1n) is 7.82. The van der Waals surface area contributed by atoms with Gasteiger partial charge in [-0.05, 0) is 25.5 Å². The summed E-state index contributed by atoms with van der Waals surface area (Å²) in [5.41, 5.74) is -0.268. The van der Waals surface area contributed by atoms with Crippen molar-refractivity contribution in [1.82, 2.24) is 0 Å². The Kier molecular flexibility index (Phi) is 4.06. The minimum absolute atomic E-state index is 0.398. The molecule has 0 aromatic heterocycles. The Morgan fingerprint density at radius 2 is 1.54 bits per heavy atom. The third kappa shape index (κ3) is 2.26. The number of para-hydroxylation sites is 1. The van der Waals surface area contributed by atoms with Crippen LogP contribution in [0.1, 0.15) is 36.8 Å². The lowest BCUT2D eigenvalue weighted by Crippen LogP contribution is -2.58. The molecule has 2 aromatic rings. The Labute approximate surface area is 140 Å². The molecule has 2 unspecified atom stereocenters. The van der Waals surface area contributed by atoms with Crippen LogP contribution in [0.25, 0.3) is 0 Å². The molecule has 0 radical (unpaired) electrons. The SMILES string of the molecule is CC(=O)C1(C(C)=O)Oc2ccccc2C(C=O)C1c1ccccc1. The summed E-state index contributed by atoms with van der Waals surface area (Å²) in [6.45, 7) is 2.68. The smallest absolute Gasteiger partial charge is 0.231 e. The van der Waals surface area contributed by atoms with Gasteiger partial charge in [0.05, 0.1) is 11.8 Å². The molecule has 0 N–H and O–H groups in total. The molecule has 1 aliphatic heterocycles. The van der Waals surface area contributed by atoms with Gasteiger partial charge in [-0.25, -0.2) is 0 Å². The summed E-state index contributed by atoms with van der Waals surface area (Å²) < 4.78 is 5.98. The van der Waals surface area contributed by atoms with E-state index in [1.54, 1.807) is 18.2 Å². The van der Waals surface area contributed by atoms with Crippen molar-refractivity contribution in [3.8, 4) is 5.75 Å². The largest absolute Gasteiger partial charge is 0.471 e. The highest BCUT2D eigenvalue weighted by molar-refractivity contribution is 6.11. The maximum Gasteiger partial charge on any atom is 0.231 e. The lowest BCUT2D eigenvalue weighted by Gasteiger charge is -2.44. The summed E-state index contributed by atoms with van der Waals surface area (Å²) in [7, 11) is 0. The third-order valence-corrected chi connectivity index (χ3v) is 4.70.